The van der Waals surface area contributed by atoms with Gasteiger partial charge in [-0.05, 0) is 11.5 Å². The van der Waals surface area contributed by atoms with Crippen molar-refractivity contribution in [1.29, 1.82) is 5.26 Å². The number of aromatic nitrogens is 3. The first-order valence-electron chi connectivity index (χ1n) is 5.91. The van der Waals surface area contributed by atoms with E-state index in [4.69, 9.17) is 14.5 Å². The van der Waals surface area contributed by atoms with Gasteiger partial charge in [0.05, 0.1) is 5.56 Å². The molecule has 100 valence electrons. The van der Waals surface area contributed by atoms with Crippen LogP contribution in [0.25, 0.3) is 11.5 Å². The van der Waals surface area contributed by atoms with E-state index in [-0.39, 0.29) is 11.5 Å². The molecule has 6 heteroatoms. The Balaban J connectivity index is 2.31. The van der Waals surface area contributed by atoms with Crippen molar-refractivity contribution in [1.82, 2.24) is 15.1 Å². The topological polar surface area (TPSA) is 87.7 Å². The summed E-state index contributed by atoms with van der Waals surface area (Å²) < 4.78 is 10.6. The number of aromatic amines is 1. The average molecular weight is 260 g/mol. The molecule has 2 aromatic rings. The highest BCUT2D eigenvalue weighted by Crippen LogP contribution is 2.34. The Morgan fingerprint density at radius 1 is 1.47 bits per heavy atom. The molecule has 0 aliphatic rings. The lowest BCUT2D eigenvalue weighted by Gasteiger charge is -2.26. The number of nitriles is 1. The van der Waals surface area contributed by atoms with E-state index >= 15 is 0 Å². The van der Waals surface area contributed by atoms with Gasteiger partial charge in [0.2, 0.25) is 5.82 Å². The lowest BCUT2D eigenvalue weighted by Crippen LogP contribution is -2.21. The van der Waals surface area contributed by atoms with Crippen LogP contribution in [0.2, 0.25) is 0 Å². The van der Waals surface area contributed by atoms with Gasteiger partial charge < -0.3 is 14.2 Å². The molecule has 0 amide bonds. The minimum absolute atomic E-state index is 0.133. The van der Waals surface area contributed by atoms with Gasteiger partial charge in [-0.3, -0.25) is 0 Å². The summed E-state index contributed by atoms with van der Waals surface area (Å²) in [6.45, 7) is 6.13. The number of nitrogens with zero attached hydrogens (tertiary/aromatic N) is 3. The van der Waals surface area contributed by atoms with Crippen LogP contribution in [-0.4, -0.2) is 22.2 Å². The Bertz CT molecular complexity index is 601. The van der Waals surface area contributed by atoms with Gasteiger partial charge in [0.15, 0.2) is 0 Å². The van der Waals surface area contributed by atoms with Crippen molar-refractivity contribution < 1.29 is 9.26 Å². The second kappa shape index (κ2) is 4.86. The van der Waals surface area contributed by atoms with E-state index in [1.54, 1.807) is 19.4 Å². The lowest BCUT2D eigenvalue weighted by molar-refractivity contribution is 0.00718. The average Bonchev–Trinajstić information content (AvgIpc) is 2.95. The van der Waals surface area contributed by atoms with Crippen molar-refractivity contribution in [2.24, 2.45) is 5.41 Å². The van der Waals surface area contributed by atoms with Gasteiger partial charge in [-0.2, -0.15) is 10.2 Å². The van der Waals surface area contributed by atoms with Crippen LogP contribution in [0.4, 0.5) is 0 Å². The van der Waals surface area contributed by atoms with E-state index in [1.165, 1.54) is 0 Å². The molecule has 1 atom stereocenters. The fourth-order valence-corrected chi connectivity index (χ4v) is 1.89. The third-order valence-electron chi connectivity index (χ3n) is 2.75. The smallest absolute Gasteiger partial charge is 0.259 e. The lowest BCUT2D eigenvalue weighted by atomic mass is 9.88. The molecule has 6 nitrogen and oxygen atoms in total. The van der Waals surface area contributed by atoms with Crippen LogP contribution in [0, 0.1) is 16.7 Å². The Morgan fingerprint density at radius 2 is 2.21 bits per heavy atom. The molecule has 0 radical (unpaired) electrons. The van der Waals surface area contributed by atoms with Gasteiger partial charge in [-0.1, -0.05) is 25.9 Å². The Labute approximate surface area is 111 Å². The quantitative estimate of drug-likeness (QED) is 0.916. The molecule has 1 N–H and O–H groups in total. The Morgan fingerprint density at radius 3 is 2.74 bits per heavy atom. The summed E-state index contributed by atoms with van der Waals surface area (Å²) in [5.74, 6) is 0.878. The highest BCUT2D eigenvalue weighted by atomic mass is 16.5. The molecule has 1 unspecified atom stereocenters. The van der Waals surface area contributed by atoms with Crippen molar-refractivity contribution in [3.8, 4) is 17.5 Å². The number of hydrogen-bond acceptors (Lipinski definition) is 5. The third kappa shape index (κ3) is 2.66. The maximum Gasteiger partial charge on any atom is 0.259 e. The molecule has 0 spiro atoms. The minimum atomic E-state index is -0.251. The van der Waals surface area contributed by atoms with Crippen molar-refractivity contribution in [2.45, 2.75) is 26.9 Å². The molecule has 2 rings (SSSR count). The number of nitrogens with one attached hydrogen (secondary N) is 1. The monoisotopic (exact) mass is 260 g/mol. The maximum absolute atomic E-state index is 8.77. The molecular weight excluding hydrogens is 244 g/mol. The van der Waals surface area contributed by atoms with E-state index in [0.717, 1.165) is 0 Å². The van der Waals surface area contributed by atoms with E-state index in [1.807, 2.05) is 26.8 Å². The van der Waals surface area contributed by atoms with Gasteiger partial charge in [-0.25, -0.2) is 0 Å². The fraction of sp³-hybridized carbons (Fsp3) is 0.462. The second-order valence-electron chi connectivity index (χ2n) is 5.35. The van der Waals surface area contributed by atoms with Crippen LogP contribution in [0.1, 0.15) is 38.4 Å². The Kier molecular flexibility index (Phi) is 3.40. The molecule has 0 aliphatic carbocycles. The zero-order chi connectivity index (χ0) is 14.0. The van der Waals surface area contributed by atoms with Crippen molar-refractivity contribution in [3.05, 3.63) is 23.8 Å². The standard InChI is InChI=1S/C13H16N4O2/c1-13(2,3)10(18-4)11-16-12(19-17-11)8-5-9(6-14)15-7-8/h5,7,10,15H,1-4H3. The first-order valence-corrected chi connectivity index (χ1v) is 5.91. The summed E-state index contributed by atoms with van der Waals surface area (Å²) >= 11 is 0. The van der Waals surface area contributed by atoms with Crippen molar-refractivity contribution in [2.75, 3.05) is 7.11 Å². The summed E-state index contributed by atoms with van der Waals surface area (Å²) in [6.07, 6.45) is 1.41. The molecule has 0 saturated heterocycles. The SMILES string of the molecule is COC(c1noc(-c2c[nH]c(C#N)c2)n1)C(C)(C)C. The molecule has 2 aromatic heterocycles. The minimum Gasteiger partial charge on any atom is -0.373 e. The van der Waals surface area contributed by atoms with Gasteiger partial charge in [-0.15, -0.1) is 0 Å². The van der Waals surface area contributed by atoms with E-state index in [2.05, 4.69) is 15.1 Å². The van der Waals surface area contributed by atoms with E-state index in [0.29, 0.717) is 23.0 Å². The second-order valence-corrected chi connectivity index (χ2v) is 5.35. The molecular formula is C13H16N4O2. The predicted molar refractivity (Wildman–Crippen MR) is 68.0 cm³/mol. The summed E-state index contributed by atoms with van der Waals surface area (Å²) in [4.78, 5) is 7.15. The molecule has 0 saturated carbocycles. The van der Waals surface area contributed by atoms with Crippen molar-refractivity contribution in [3.63, 3.8) is 0 Å². The predicted octanol–water partition coefficient (Wildman–Crippen LogP) is 2.67. The molecule has 0 aromatic carbocycles. The first-order chi connectivity index (χ1) is 8.95. The first kappa shape index (κ1) is 13.3. The van der Waals surface area contributed by atoms with Crippen LogP contribution in [0.3, 0.4) is 0 Å². The maximum atomic E-state index is 8.77. The van der Waals surface area contributed by atoms with Gasteiger partial charge >= 0.3 is 0 Å². The van der Waals surface area contributed by atoms with Gasteiger partial charge in [0, 0.05) is 13.3 Å². The Hall–Kier alpha value is -2.13. The zero-order valence-electron chi connectivity index (χ0n) is 11.4. The number of hydrogen-bond donors (Lipinski definition) is 1. The fourth-order valence-electron chi connectivity index (χ4n) is 1.89. The molecule has 0 fully saturated rings. The number of H-pyrrole nitrogens is 1. The zero-order valence-corrected chi connectivity index (χ0v) is 11.4. The van der Waals surface area contributed by atoms with Crippen LogP contribution < -0.4 is 0 Å². The summed E-state index contributed by atoms with van der Waals surface area (Å²) in [7, 11) is 1.62. The number of ether oxygens (including phenoxy) is 1. The van der Waals surface area contributed by atoms with E-state index in [9.17, 15) is 0 Å². The van der Waals surface area contributed by atoms with Crippen LogP contribution in [0.5, 0.6) is 0 Å². The van der Waals surface area contributed by atoms with Crippen LogP contribution in [-0.2, 0) is 4.74 Å². The summed E-state index contributed by atoms with van der Waals surface area (Å²) in [6, 6.07) is 3.67. The largest absolute Gasteiger partial charge is 0.373 e. The van der Waals surface area contributed by atoms with E-state index < -0.39 is 0 Å². The van der Waals surface area contributed by atoms with Gasteiger partial charge in [0.1, 0.15) is 17.9 Å². The van der Waals surface area contributed by atoms with Crippen molar-refractivity contribution >= 4 is 0 Å². The number of methoxy groups -OCH3 is 1. The van der Waals surface area contributed by atoms with Gasteiger partial charge in [0.25, 0.3) is 5.89 Å². The van der Waals surface area contributed by atoms with Crippen LogP contribution >= 0.6 is 0 Å². The highest BCUT2D eigenvalue weighted by Gasteiger charge is 2.30. The number of rotatable bonds is 3. The molecule has 19 heavy (non-hydrogen) atoms. The third-order valence-corrected chi connectivity index (χ3v) is 2.75. The molecule has 2 heterocycles. The molecule has 0 aliphatic heterocycles. The van der Waals surface area contributed by atoms with Crippen LogP contribution in [0.15, 0.2) is 16.8 Å². The molecule has 0 bridgehead atoms. The summed E-state index contributed by atoms with van der Waals surface area (Å²) in [5.41, 5.74) is 1.01. The normalized spacial score (nSPS) is 13.2. The highest BCUT2D eigenvalue weighted by molar-refractivity contribution is 5.54. The summed E-state index contributed by atoms with van der Waals surface area (Å²) in [5, 5.41) is 12.7.